The fourth-order valence-corrected chi connectivity index (χ4v) is 5.13. The second-order valence-corrected chi connectivity index (χ2v) is 10.3. The fraction of sp³-hybridized carbons (Fsp3) is 0.387. The SMILES string of the molecule is CC(C)N1C[C@H](NCc2cccc(OCc3ccccc3)c2)C[C@H]1C(=O)NCCc1ccc2c(c1)OCO2. The van der Waals surface area contributed by atoms with Crippen LogP contribution in [0.2, 0.25) is 0 Å². The fourth-order valence-electron chi connectivity index (χ4n) is 5.13. The Balaban J connectivity index is 1.10. The predicted molar refractivity (Wildman–Crippen MR) is 147 cm³/mol. The van der Waals surface area contributed by atoms with E-state index in [1.165, 1.54) is 5.56 Å². The molecule has 3 aromatic carbocycles. The Bertz CT molecular complexity index is 1220. The van der Waals surface area contributed by atoms with Crippen LogP contribution in [0.5, 0.6) is 17.2 Å². The number of ether oxygens (including phenoxy) is 3. The Labute approximate surface area is 225 Å². The molecule has 7 nitrogen and oxygen atoms in total. The number of hydrogen-bond donors (Lipinski definition) is 2. The zero-order chi connectivity index (χ0) is 26.3. The van der Waals surface area contributed by atoms with Gasteiger partial charge in [0.2, 0.25) is 12.7 Å². The summed E-state index contributed by atoms with van der Waals surface area (Å²) in [5.74, 6) is 2.52. The van der Waals surface area contributed by atoms with Crippen molar-refractivity contribution < 1.29 is 19.0 Å². The number of nitrogens with zero attached hydrogens (tertiary/aromatic N) is 1. The van der Waals surface area contributed by atoms with E-state index >= 15 is 0 Å². The molecule has 38 heavy (non-hydrogen) atoms. The van der Waals surface area contributed by atoms with Crippen molar-refractivity contribution in [3.63, 3.8) is 0 Å². The van der Waals surface area contributed by atoms with Gasteiger partial charge in [-0.25, -0.2) is 0 Å². The van der Waals surface area contributed by atoms with E-state index in [4.69, 9.17) is 14.2 Å². The van der Waals surface area contributed by atoms with Crippen LogP contribution in [0.15, 0.2) is 72.8 Å². The van der Waals surface area contributed by atoms with E-state index in [-0.39, 0.29) is 24.8 Å². The molecule has 0 saturated carbocycles. The number of nitrogens with one attached hydrogen (secondary N) is 2. The standard InChI is InChI=1S/C31H37N3O4/c1-22(2)34-19-26(33-18-25-9-6-10-27(15-25)36-20-24-7-4-3-5-8-24)17-28(34)31(35)32-14-13-23-11-12-29-30(16-23)38-21-37-29/h3-12,15-16,22,26,28,33H,13-14,17-21H2,1-2H3,(H,32,35)/t26-,28+/m1/s1. The van der Waals surface area contributed by atoms with Gasteiger partial charge in [0.15, 0.2) is 11.5 Å². The zero-order valence-electron chi connectivity index (χ0n) is 22.2. The van der Waals surface area contributed by atoms with Crippen molar-refractivity contribution in [1.29, 1.82) is 0 Å². The van der Waals surface area contributed by atoms with Gasteiger partial charge in [0, 0.05) is 31.7 Å². The molecule has 7 heteroatoms. The summed E-state index contributed by atoms with van der Waals surface area (Å²) < 4.78 is 16.8. The van der Waals surface area contributed by atoms with Crippen LogP contribution in [-0.2, 0) is 24.4 Å². The van der Waals surface area contributed by atoms with E-state index in [1.54, 1.807) is 0 Å². The summed E-state index contributed by atoms with van der Waals surface area (Å²) in [4.78, 5) is 15.4. The molecule has 200 valence electrons. The highest BCUT2D eigenvalue weighted by Gasteiger charge is 2.37. The summed E-state index contributed by atoms with van der Waals surface area (Å²) in [6, 6.07) is 24.8. The molecular weight excluding hydrogens is 478 g/mol. The average molecular weight is 516 g/mol. The monoisotopic (exact) mass is 515 g/mol. The maximum atomic E-state index is 13.1. The molecule has 2 heterocycles. The summed E-state index contributed by atoms with van der Waals surface area (Å²) in [5, 5.41) is 6.83. The first-order valence-corrected chi connectivity index (χ1v) is 13.5. The van der Waals surface area contributed by atoms with Crippen molar-refractivity contribution in [1.82, 2.24) is 15.5 Å². The highest BCUT2D eigenvalue weighted by atomic mass is 16.7. The molecule has 2 atom stereocenters. The molecule has 0 unspecified atom stereocenters. The first-order chi connectivity index (χ1) is 18.5. The van der Waals surface area contributed by atoms with Gasteiger partial charge in [0.05, 0.1) is 6.04 Å². The normalized spacial score (nSPS) is 18.6. The van der Waals surface area contributed by atoms with Crippen molar-refractivity contribution in [2.24, 2.45) is 0 Å². The maximum Gasteiger partial charge on any atom is 0.237 e. The van der Waals surface area contributed by atoms with Gasteiger partial charge in [0.25, 0.3) is 0 Å². The van der Waals surface area contributed by atoms with Crippen LogP contribution < -0.4 is 24.8 Å². The minimum Gasteiger partial charge on any atom is -0.489 e. The van der Waals surface area contributed by atoms with Gasteiger partial charge in [-0.2, -0.15) is 0 Å². The summed E-state index contributed by atoms with van der Waals surface area (Å²) in [6.45, 7) is 7.31. The molecule has 0 radical (unpaired) electrons. The van der Waals surface area contributed by atoms with Gasteiger partial charge < -0.3 is 24.8 Å². The summed E-state index contributed by atoms with van der Waals surface area (Å²) in [5.41, 5.74) is 3.44. The van der Waals surface area contributed by atoms with Crippen LogP contribution in [-0.4, -0.2) is 48.8 Å². The number of rotatable bonds is 11. The van der Waals surface area contributed by atoms with Gasteiger partial charge >= 0.3 is 0 Å². The summed E-state index contributed by atoms with van der Waals surface area (Å²) >= 11 is 0. The van der Waals surface area contributed by atoms with E-state index < -0.39 is 0 Å². The van der Waals surface area contributed by atoms with Gasteiger partial charge in [-0.15, -0.1) is 0 Å². The number of benzene rings is 3. The predicted octanol–water partition coefficient (Wildman–Crippen LogP) is 4.29. The molecule has 5 rings (SSSR count). The number of carbonyl (C=O) groups is 1. The molecule has 1 amide bonds. The third-order valence-corrected chi connectivity index (χ3v) is 7.20. The second kappa shape index (κ2) is 12.3. The number of fused-ring (bicyclic) bond motifs is 1. The minimum absolute atomic E-state index is 0.0973. The quantitative estimate of drug-likeness (QED) is 0.397. The smallest absolute Gasteiger partial charge is 0.237 e. The van der Waals surface area contributed by atoms with Crippen LogP contribution in [0.3, 0.4) is 0 Å². The summed E-state index contributed by atoms with van der Waals surface area (Å²) in [6.07, 6.45) is 1.54. The molecule has 0 bridgehead atoms. The Kier molecular flexibility index (Phi) is 8.46. The van der Waals surface area contributed by atoms with Crippen molar-refractivity contribution >= 4 is 5.91 Å². The first-order valence-electron chi connectivity index (χ1n) is 13.5. The Morgan fingerprint density at radius 1 is 0.974 bits per heavy atom. The van der Waals surface area contributed by atoms with Crippen LogP contribution in [0.25, 0.3) is 0 Å². The lowest BCUT2D eigenvalue weighted by atomic mass is 10.1. The Morgan fingerprint density at radius 3 is 2.63 bits per heavy atom. The molecule has 2 aliphatic rings. The molecular formula is C31H37N3O4. The van der Waals surface area contributed by atoms with E-state index in [0.29, 0.717) is 19.2 Å². The minimum atomic E-state index is -0.134. The van der Waals surface area contributed by atoms with Crippen LogP contribution >= 0.6 is 0 Å². The van der Waals surface area contributed by atoms with E-state index in [1.807, 2.05) is 48.5 Å². The molecule has 1 fully saturated rings. The number of carbonyl (C=O) groups excluding carboxylic acids is 1. The molecule has 3 aromatic rings. The van der Waals surface area contributed by atoms with Gasteiger partial charge in [0.1, 0.15) is 12.4 Å². The topological polar surface area (TPSA) is 72.1 Å². The highest BCUT2D eigenvalue weighted by molar-refractivity contribution is 5.82. The molecule has 0 aromatic heterocycles. The highest BCUT2D eigenvalue weighted by Crippen LogP contribution is 2.32. The van der Waals surface area contributed by atoms with Crippen molar-refractivity contribution in [2.45, 2.75) is 58.0 Å². The van der Waals surface area contributed by atoms with Crippen LogP contribution in [0.4, 0.5) is 0 Å². The largest absolute Gasteiger partial charge is 0.489 e. The molecule has 1 saturated heterocycles. The first kappa shape index (κ1) is 26.1. The number of amides is 1. The molecule has 2 N–H and O–H groups in total. The van der Waals surface area contributed by atoms with Crippen molar-refractivity contribution in [3.8, 4) is 17.2 Å². The zero-order valence-corrected chi connectivity index (χ0v) is 22.2. The van der Waals surface area contributed by atoms with Crippen molar-refractivity contribution in [3.05, 3.63) is 89.5 Å². The van der Waals surface area contributed by atoms with Gasteiger partial charge in [-0.1, -0.05) is 48.5 Å². The second-order valence-electron chi connectivity index (χ2n) is 10.3. The van der Waals surface area contributed by atoms with E-state index in [0.717, 1.165) is 54.3 Å². The Hall–Kier alpha value is -3.55. The van der Waals surface area contributed by atoms with Gasteiger partial charge in [-0.3, -0.25) is 9.69 Å². The average Bonchev–Trinajstić information content (AvgIpc) is 3.59. The molecule has 2 aliphatic heterocycles. The lowest BCUT2D eigenvalue weighted by Crippen LogP contribution is -2.46. The number of likely N-dealkylation sites (tertiary alicyclic amines) is 1. The number of hydrogen-bond acceptors (Lipinski definition) is 6. The van der Waals surface area contributed by atoms with Gasteiger partial charge in [-0.05, 0) is 67.6 Å². The van der Waals surface area contributed by atoms with E-state index in [9.17, 15) is 4.79 Å². The molecule has 0 spiro atoms. The summed E-state index contributed by atoms with van der Waals surface area (Å²) in [7, 11) is 0. The third-order valence-electron chi connectivity index (χ3n) is 7.20. The van der Waals surface area contributed by atoms with Crippen LogP contribution in [0, 0.1) is 0 Å². The third kappa shape index (κ3) is 6.65. The molecule has 0 aliphatic carbocycles. The Morgan fingerprint density at radius 2 is 1.79 bits per heavy atom. The van der Waals surface area contributed by atoms with Crippen molar-refractivity contribution in [2.75, 3.05) is 19.9 Å². The van der Waals surface area contributed by atoms with E-state index in [2.05, 4.69) is 53.6 Å². The van der Waals surface area contributed by atoms with Crippen LogP contribution in [0.1, 0.15) is 37.0 Å². The maximum absolute atomic E-state index is 13.1. The lowest BCUT2D eigenvalue weighted by molar-refractivity contribution is -0.126. The lowest BCUT2D eigenvalue weighted by Gasteiger charge is -2.27.